The van der Waals surface area contributed by atoms with Gasteiger partial charge in [-0.25, -0.2) is 4.68 Å². The molecule has 1 saturated heterocycles. The van der Waals surface area contributed by atoms with Gasteiger partial charge in [0.25, 0.3) is 5.91 Å². The van der Waals surface area contributed by atoms with Crippen LogP contribution in [0.1, 0.15) is 29.2 Å². The van der Waals surface area contributed by atoms with Crippen LogP contribution in [0.2, 0.25) is 0 Å². The second-order valence-electron chi connectivity index (χ2n) is 5.44. The molecular weight excluding hydrogens is 296 g/mol. The number of carbonyl (C=O) groups excluding carboxylic acids is 1. The van der Waals surface area contributed by atoms with Crippen LogP contribution < -0.4 is 9.47 Å². The summed E-state index contributed by atoms with van der Waals surface area (Å²) in [6.45, 7) is 1.34. The Morgan fingerprint density at radius 1 is 1.17 bits per heavy atom. The lowest BCUT2D eigenvalue weighted by atomic mass is 10.0. The molecule has 122 valence electrons. The lowest BCUT2D eigenvalue weighted by molar-refractivity contribution is 0.0682. The van der Waals surface area contributed by atoms with E-state index in [0.29, 0.717) is 36.2 Å². The Morgan fingerprint density at radius 2 is 1.83 bits per heavy atom. The van der Waals surface area contributed by atoms with Gasteiger partial charge in [-0.2, -0.15) is 0 Å². The highest BCUT2D eigenvalue weighted by atomic mass is 16.5. The Labute approximate surface area is 134 Å². The third-order valence-electron chi connectivity index (χ3n) is 4.21. The van der Waals surface area contributed by atoms with Crippen molar-refractivity contribution in [2.24, 2.45) is 0 Å². The lowest BCUT2D eigenvalue weighted by Crippen LogP contribution is -2.39. The van der Waals surface area contributed by atoms with Crippen molar-refractivity contribution in [2.45, 2.75) is 18.9 Å². The van der Waals surface area contributed by atoms with Gasteiger partial charge in [-0.1, -0.05) is 11.3 Å². The molecule has 1 fully saturated rings. The number of carbonyl (C=O) groups is 1. The number of methoxy groups -OCH3 is 2. The molecule has 1 aliphatic heterocycles. The van der Waals surface area contributed by atoms with Crippen LogP contribution in [0, 0.1) is 0 Å². The van der Waals surface area contributed by atoms with E-state index >= 15 is 0 Å². The highest BCUT2D eigenvalue weighted by Gasteiger charge is 2.28. The van der Waals surface area contributed by atoms with Crippen LogP contribution in [0.25, 0.3) is 0 Å². The van der Waals surface area contributed by atoms with Crippen LogP contribution in [0.15, 0.2) is 30.6 Å². The van der Waals surface area contributed by atoms with E-state index in [9.17, 15) is 4.79 Å². The van der Waals surface area contributed by atoms with Gasteiger partial charge in [-0.3, -0.25) is 4.79 Å². The molecule has 0 saturated carbocycles. The summed E-state index contributed by atoms with van der Waals surface area (Å²) in [5, 5.41) is 7.89. The molecule has 0 spiro atoms. The van der Waals surface area contributed by atoms with E-state index in [1.165, 1.54) is 0 Å². The number of rotatable bonds is 4. The van der Waals surface area contributed by atoms with Crippen molar-refractivity contribution in [2.75, 3.05) is 27.3 Å². The van der Waals surface area contributed by atoms with Gasteiger partial charge in [0.15, 0.2) is 0 Å². The highest BCUT2D eigenvalue weighted by molar-refractivity contribution is 5.99. The van der Waals surface area contributed by atoms with E-state index in [1.807, 2.05) is 21.8 Å². The summed E-state index contributed by atoms with van der Waals surface area (Å²) >= 11 is 0. The Balaban J connectivity index is 1.75. The quantitative estimate of drug-likeness (QED) is 0.860. The van der Waals surface area contributed by atoms with Gasteiger partial charge in [0.1, 0.15) is 17.1 Å². The monoisotopic (exact) mass is 316 g/mol. The number of amides is 1. The van der Waals surface area contributed by atoms with Gasteiger partial charge in [-0.15, -0.1) is 5.10 Å². The summed E-state index contributed by atoms with van der Waals surface area (Å²) in [5.74, 6) is 1.01. The summed E-state index contributed by atoms with van der Waals surface area (Å²) in [6.07, 6.45) is 5.25. The molecule has 2 heterocycles. The van der Waals surface area contributed by atoms with Crippen molar-refractivity contribution in [1.29, 1.82) is 0 Å². The summed E-state index contributed by atoms with van der Waals surface area (Å²) < 4.78 is 12.5. The third kappa shape index (κ3) is 2.99. The standard InChI is InChI=1S/C16H20N4O3/c1-22-13-4-3-5-14(23-2)15(13)16(21)19-9-6-12(7-10-19)20-11-8-17-18-20/h3-5,8,11-12H,6-7,9-10H2,1-2H3. The molecular formula is C16H20N4O3. The molecule has 1 aliphatic rings. The average molecular weight is 316 g/mol. The van der Waals surface area contributed by atoms with Crippen LogP contribution in [0.3, 0.4) is 0 Å². The maximum atomic E-state index is 12.9. The predicted molar refractivity (Wildman–Crippen MR) is 83.7 cm³/mol. The van der Waals surface area contributed by atoms with Gasteiger partial charge >= 0.3 is 0 Å². The maximum Gasteiger partial charge on any atom is 0.261 e. The zero-order valence-corrected chi connectivity index (χ0v) is 13.3. The Bertz CT molecular complexity index is 642. The zero-order valence-electron chi connectivity index (χ0n) is 13.3. The van der Waals surface area contributed by atoms with Crippen LogP contribution in [0.5, 0.6) is 11.5 Å². The first-order valence-corrected chi connectivity index (χ1v) is 7.60. The summed E-state index contributed by atoms with van der Waals surface area (Å²) in [7, 11) is 3.12. The first-order valence-electron chi connectivity index (χ1n) is 7.60. The summed E-state index contributed by atoms with van der Waals surface area (Å²) in [6, 6.07) is 5.66. The molecule has 0 radical (unpaired) electrons. The lowest BCUT2D eigenvalue weighted by Gasteiger charge is -2.32. The molecule has 7 nitrogen and oxygen atoms in total. The van der Waals surface area contributed by atoms with E-state index < -0.39 is 0 Å². The number of hydrogen-bond acceptors (Lipinski definition) is 5. The SMILES string of the molecule is COc1cccc(OC)c1C(=O)N1CCC(n2ccnn2)CC1. The Morgan fingerprint density at radius 3 is 2.35 bits per heavy atom. The van der Waals surface area contributed by atoms with E-state index in [2.05, 4.69) is 10.3 Å². The normalized spacial score (nSPS) is 15.5. The number of ether oxygens (including phenoxy) is 2. The Kier molecular flexibility index (Phi) is 4.45. The van der Waals surface area contributed by atoms with Crippen molar-refractivity contribution in [3.63, 3.8) is 0 Å². The topological polar surface area (TPSA) is 69.5 Å². The molecule has 7 heteroatoms. The second-order valence-corrected chi connectivity index (χ2v) is 5.44. The Hall–Kier alpha value is -2.57. The molecule has 1 aromatic heterocycles. The maximum absolute atomic E-state index is 12.9. The zero-order chi connectivity index (χ0) is 16.2. The second kappa shape index (κ2) is 6.68. The van der Waals surface area contributed by atoms with E-state index in [4.69, 9.17) is 9.47 Å². The number of benzene rings is 1. The van der Waals surface area contributed by atoms with Crippen molar-refractivity contribution in [1.82, 2.24) is 19.9 Å². The fraction of sp³-hybridized carbons (Fsp3) is 0.438. The van der Waals surface area contributed by atoms with Crippen LogP contribution >= 0.6 is 0 Å². The summed E-state index contributed by atoms with van der Waals surface area (Å²) in [5.41, 5.74) is 0.483. The van der Waals surface area contributed by atoms with Gasteiger partial charge in [0.2, 0.25) is 0 Å². The average Bonchev–Trinajstić information content (AvgIpc) is 3.15. The minimum atomic E-state index is -0.0589. The molecule has 0 atom stereocenters. The highest BCUT2D eigenvalue weighted by Crippen LogP contribution is 2.31. The third-order valence-corrected chi connectivity index (χ3v) is 4.21. The molecule has 0 unspecified atom stereocenters. The van der Waals surface area contributed by atoms with E-state index in [1.54, 1.807) is 32.5 Å². The van der Waals surface area contributed by atoms with Gasteiger partial charge in [0.05, 0.1) is 26.5 Å². The molecule has 3 rings (SSSR count). The number of hydrogen-bond donors (Lipinski definition) is 0. The number of piperidine rings is 1. The molecule has 23 heavy (non-hydrogen) atoms. The molecule has 2 aromatic rings. The van der Waals surface area contributed by atoms with Gasteiger partial charge in [0, 0.05) is 19.3 Å². The predicted octanol–water partition coefficient (Wildman–Crippen LogP) is 1.77. The number of likely N-dealkylation sites (tertiary alicyclic amines) is 1. The van der Waals surface area contributed by atoms with Gasteiger partial charge in [-0.05, 0) is 25.0 Å². The fourth-order valence-corrected chi connectivity index (χ4v) is 2.97. The van der Waals surface area contributed by atoms with Gasteiger partial charge < -0.3 is 14.4 Å². The minimum Gasteiger partial charge on any atom is -0.496 e. The number of aromatic nitrogens is 3. The number of nitrogens with zero attached hydrogens (tertiary/aromatic N) is 4. The molecule has 0 bridgehead atoms. The van der Waals surface area contributed by atoms with E-state index in [0.717, 1.165) is 12.8 Å². The smallest absolute Gasteiger partial charge is 0.261 e. The summed E-state index contributed by atoms with van der Waals surface area (Å²) in [4.78, 5) is 14.7. The molecule has 0 aliphatic carbocycles. The fourth-order valence-electron chi connectivity index (χ4n) is 2.97. The molecule has 1 aromatic carbocycles. The molecule has 0 N–H and O–H groups in total. The van der Waals surface area contributed by atoms with Crippen molar-refractivity contribution >= 4 is 5.91 Å². The van der Waals surface area contributed by atoms with Crippen molar-refractivity contribution in [3.05, 3.63) is 36.2 Å². The van der Waals surface area contributed by atoms with Crippen molar-refractivity contribution in [3.8, 4) is 11.5 Å². The molecule has 1 amide bonds. The first-order chi connectivity index (χ1) is 11.2. The minimum absolute atomic E-state index is 0.0589. The van der Waals surface area contributed by atoms with Crippen LogP contribution in [-0.4, -0.2) is 53.1 Å². The first kappa shape index (κ1) is 15.3. The van der Waals surface area contributed by atoms with Crippen LogP contribution in [-0.2, 0) is 0 Å². The van der Waals surface area contributed by atoms with Crippen LogP contribution in [0.4, 0.5) is 0 Å². The van der Waals surface area contributed by atoms with Crippen molar-refractivity contribution < 1.29 is 14.3 Å². The van der Waals surface area contributed by atoms with E-state index in [-0.39, 0.29) is 5.91 Å². The largest absolute Gasteiger partial charge is 0.496 e.